The first-order valence-corrected chi connectivity index (χ1v) is 11.4. The van der Waals surface area contributed by atoms with E-state index in [0.29, 0.717) is 0 Å². The standard InChI is InChI=1S/2C7H9.C6H5.CH3.Si.Zr/c2*1-6-3-4-7(2)5-6;1-2-4-6-5-3-1;;;/h2*5H,3H2,1-2H3;1-5H;1H3;;/q4*-1;;. The molecule has 23 heavy (non-hydrogen) atoms. The minimum atomic E-state index is 0. The molecule has 0 bridgehead atoms. The third-order valence-corrected chi connectivity index (χ3v) is 2.83. The Labute approximate surface area is 160 Å². The van der Waals surface area contributed by atoms with E-state index in [9.17, 15) is 0 Å². The molecule has 0 unspecified atom stereocenters. The van der Waals surface area contributed by atoms with Crippen LogP contribution in [0, 0.1) is 25.6 Å². The van der Waals surface area contributed by atoms with Crippen LogP contribution >= 0.6 is 0 Å². The maximum absolute atomic E-state index is 3.19. The molecule has 0 aromatic heterocycles. The molecule has 0 nitrogen and oxygen atoms in total. The Bertz CT molecular complexity index is 476. The van der Waals surface area contributed by atoms with E-state index in [-0.39, 0.29) is 7.43 Å². The zero-order valence-electron chi connectivity index (χ0n) is 15.0. The minimum Gasteiger partial charge on any atom is -0.184 e. The SMILES string of the molecule is CC1=[C-]CC(C)=C1.CC1=[C-]CC(C)=C1.[CH3-].[Si]=[Zr].[c-]1ccccc1. The maximum atomic E-state index is 3.19. The fourth-order valence-electron chi connectivity index (χ4n) is 1.84. The van der Waals surface area contributed by atoms with Gasteiger partial charge in [-0.2, -0.15) is 47.5 Å². The van der Waals surface area contributed by atoms with Crippen LogP contribution in [-0.2, 0) is 23.3 Å². The topological polar surface area (TPSA) is 0 Å². The third-order valence-electron chi connectivity index (χ3n) is 2.83. The predicted molar refractivity (Wildman–Crippen MR) is 99.1 cm³/mol. The van der Waals surface area contributed by atoms with E-state index in [4.69, 9.17) is 0 Å². The van der Waals surface area contributed by atoms with Crippen molar-refractivity contribution in [2.24, 2.45) is 0 Å². The summed E-state index contributed by atoms with van der Waals surface area (Å²) in [5, 5.41) is 0. The summed E-state index contributed by atoms with van der Waals surface area (Å²) in [5.41, 5.74) is 5.44. The summed E-state index contributed by atoms with van der Waals surface area (Å²) in [4.78, 5) is 0. The molecule has 0 heterocycles. The summed E-state index contributed by atoms with van der Waals surface area (Å²) in [5.74, 6) is 0. The molecule has 0 saturated carbocycles. The van der Waals surface area contributed by atoms with E-state index in [2.05, 4.69) is 64.9 Å². The number of hydrogen-bond acceptors (Lipinski definition) is 0. The molecule has 3 rings (SSSR count). The van der Waals surface area contributed by atoms with Gasteiger partial charge in [-0.25, -0.2) is 23.3 Å². The van der Waals surface area contributed by atoms with E-state index in [0.717, 1.165) is 12.8 Å². The largest absolute Gasteiger partial charge is 0.184 e. The molecular weight excluding hydrogens is 372 g/mol. The minimum absolute atomic E-state index is 0. The fraction of sp³-hybridized carbons (Fsp3) is 0.286. The predicted octanol–water partition coefficient (Wildman–Crippen LogP) is 5.73. The van der Waals surface area contributed by atoms with Crippen molar-refractivity contribution in [3.63, 3.8) is 0 Å². The first-order valence-electron chi connectivity index (χ1n) is 7.23. The first kappa shape index (κ1) is 24.5. The summed E-state index contributed by atoms with van der Waals surface area (Å²) in [6, 6.07) is 12.5. The van der Waals surface area contributed by atoms with Crippen LogP contribution in [0.25, 0.3) is 0 Å². The second-order valence-electron chi connectivity index (χ2n) is 5.13. The van der Waals surface area contributed by atoms with Crippen LogP contribution in [0.3, 0.4) is 0 Å². The number of hydrogen-bond donors (Lipinski definition) is 0. The molecule has 0 saturated heterocycles. The molecule has 2 heteroatoms. The van der Waals surface area contributed by atoms with Crippen LogP contribution < -0.4 is 0 Å². The van der Waals surface area contributed by atoms with Crippen molar-refractivity contribution in [1.82, 2.24) is 0 Å². The van der Waals surface area contributed by atoms with Gasteiger partial charge in [-0.05, 0) is 0 Å². The smallest absolute Gasteiger partial charge is 0.171 e. The van der Waals surface area contributed by atoms with Gasteiger partial charge in [-0.15, -0.1) is 12.8 Å². The molecular formula is C21H26SiZr-4. The number of benzene rings is 1. The van der Waals surface area contributed by atoms with E-state index in [1.807, 2.05) is 30.3 Å². The Hall–Kier alpha value is -0.720. The summed E-state index contributed by atoms with van der Waals surface area (Å²) >= 11 is 1.36. The number of rotatable bonds is 0. The van der Waals surface area contributed by atoms with Crippen molar-refractivity contribution in [2.75, 3.05) is 0 Å². The van der Waals surface area contributed by atoms with Crippen LogP contribution in [0.5, 0.6) is 0 Å². The van der Waals surface area contributed by atoms with Crippen molar-refractivity contribution in [2.45, 2.75) is 40.5 Å². The van der Waals surface area contributed by atoms with E-state index in [1.54, 1.807) is 0 Å². The molecule has 0 aliphatic heterocycles. The first-order chi connectivity index (χ1) is 10.6. The van der Waals surface area contributed by atoms with Gasteiger partial charge >= 0.3 is 30.2 Å². The quantitative estimate of drug-likeness (QED) is 0.387. The summed E-state index contributed by atoms with van der Waals surface area (Å²) < 4.78 is 0. The van der Waals surface area contributed by atoms with Crippen LogP contribution in [0.2, 0.25) is 0 Å². The molecule has 0 fully saturated rings. The van der Waals surface area contributed by atoms with E-state index >= 15 is 0 Å². The molecule has 122 valence electrons. The van der Waals surface area contributed by atoms with Crippen molar-refractivity contribution in [1.29, 1.82) is 0 Å². The van der Waals surface area contributed by atoms with Gasteiger partial charge in [0.2, 0.25) is 0 Å². The van der Waals surface area contributed by atoms with E-state index < -0.39 is 0 Å². The fourth-order valence-corrected chi connectivity index (χ4v) is 1.84. The van der Waals surface area contributed by atoms with Crippen LogP contribution in [-0.4, -0.2) is 6.88 Å². The molecule has 1 aromatic carbocycles. The van der Waals surface area contributed by atoms with Crippen LogP contribution in [0.1, 0.15) is 40.5 Å². The Morgan fingerprint density at radius 2 is 1.17 bits per heavy atom. The van der Waals surface area contributed by atoms with Gasteiger partial charge in [0, 0.05) is 0 Å². The number of allylic oxidation sites excluding steroid dienone is 8. The second-order valence-corrected chi connectivity index (χ2v) is 5.13. The van der Waals surface area contributed by atoms with Gasteiger partial charge in [0.25, 0.3) is 0 Å². The molecule has 0 N–H and O–H groups in total. The molecule has 1 aromatic rings. The van der Waals surface area contributed by atoms with Gasteiger partial charge < -0.3 is 7.43 Å². The second kappa shape index (κ2) is 16.1. The van der Waals surface area contributed by atoms with Crippen LogP contribution in [0.15, 0.2) is 64.8 Å². The third kappa shape index (κ3) is 14.6. The Morgan fingerprint density at radius 3 is 1.26 bits per heavy atom. The van der Waals surface area contributed by atoms with Gasteiger partial charge in [0.05, 0.1) is 0 Å². The van der Waals surface area contributed by atoms with Crippen LogP contribution in [0.4, 0.5) is 0 Å². The molecule has 0 spiro atoms. The molecule has 2 radical (unpaired) electrons. The van der Waals surface area contributed by atoms with Crippen molar-refractivity contribution >= 4 is 6.88 Å². The molecule has 0 atom stereocenters. The van der Waals surface area contributed by atoms with Crippen molar-refractivity contribution < 1.29 is 23.3 Å². The summed E-state index contributed by atoms with van der Waals surface area (Å²) in [6.07, 6.45) is 12.8. The van der Waals surface area contributed by atoms with Crippen molar-refractivity contribution in [3.05, 3.63) is 90.4 Å². The van der Waals surface area contributed by atoms with Gasteiger partial charge in [0.15, 0.2) is 0 Å². The molecule has 2 aliphatic rings. The average molecular weight is 398 g/mol. The Kier molecular flexibility index (Phi) is 17.2. The Morgan fingerprint density at radius 1 is 0.783 bits per heavy atom. The normalized spacial score (nSPS) is 13.9. The van der Waals surface area contributed by atoms with Gasteiger partial charge in [0.1, 0.15) is 0 Å². The Balaban J connectivity index is 0. The van der Waals surface area contributed by atoms with E-state index in [1.165, 1.54) is 45.6 Å². The monoisotopic (exact) mass is 396 g/mol. The van der Waals surface area contributed by atoms with Gasteiger partial charge in [-0.3, -0.25) is 12.2 Å². The van der Waals surface area contributed by atoms with Gasteiger partial charge in [-0.1, -0.05) is 27.7 Å². The summed E-state index contributed by atoms with van der Waals surface area (Å²) in [7, 11) is 0. The maximum Gasteiger partial charge on any atom is -0.171 e. The average Bonchev–Trinajstić information content (AvgIpc) is 3.11. The zero-order valence-corrected chi connectivity index (χ0v) is 18.4. The zero-order chi connectivity index (χ0) is 16.8. The molecule has 0 amide bonds. The molecule has 2 aliphatic carbocycles. The van der Waals surface area contributed by atoms with Crippen molar-refractivity contribution in [3.8, 4) is 0 Å². The summed E-state index contributed by atoms with van der Waals surface area (Å²) in [6.45, 7) is 11.5.